The van der Waals surface area contributed by atoms with Crippen LogP contribution in [-0.2, 0) is 24.3 Å². The summed E-state index contributed by atoms with van der Waals surface area (Å²) in [5, 5.41) is 5.66. The largest absolute Gasteiger partial charge is 0.354 e. The zero-order chi connectivity index (χ0) is 15.0. The van der Waals surface area contributed by atoms with E-state index >= 15 is 0 Å². The van der Waals surface area contributed by atoms with Crippen LogP contribution < -0.4 is 10.6 Å². The maximum absolute atomic E-state index is 12.0. The van der Waals surface area contributed by atoms with E-state index in [4.69, 9.17) is 9.47 Å². The zero-order valence-corrected chi connectivity index (χ0v) is 12.7. The fourth-order valence-electron chi connectivity index (χ4n) is 1.82. The third-order valence-corrected chi connectivity index (χ3v) is 4.92. The Bertz CT molecular complexity index is 391. The van der Waals surface area contributed by atoms with Gasteiger partial charge in [-0.15, -0.1) is 0 Å². The summed E-state index contributed by atoms with van der Waals surface area (Å²) in [6.45, 7) is 2.40. The standard InChI is InChI=1S/C11H23N3O5S/c1-18-11(19-2)9-13-10(15)3-8-20(16,17)14-6-4-12-5-7-14/h11-12H,3-9H2,1-2H3,(H,13,15). The van der Waals surface area contributed by atoms with Gasteiger partial charge in [0.25, 0.3) is 0 Å². The summed E-state index contributed by atoms with van der Waals surface area (Å²) < 4.78 is 35.3. The van der Waals surface area contributed by atoms with Crippen molar-refractivity contribution in [1.29, 1.82) is 0 Å². The van der Waals surface area contributed by atoms with Gasteiger partial charge in [-0.05, 0) is 0 Å². The Morgan fingerprint density at radius 2 is 1.90 bits per heavy atom. The molecule has 1 fully saturated rings. The first-order chi connectivity index (χ1) is 9.49. The predicted molar refractivity (Wildman–Crippen MR) is 73.7 cm³/mol. The Morgan fingerprint density at radius 3 is 2.45 bits per heavy atom. The summed E-state index contributed by atoms with van der Waals surface area (Å²) in [4.78, 5) is 11.6. The van der Waals surface area contributed by atoms with Crippen LogP contribution in [0.3, 0.4) is 0 Å². The number of rotatable bonds is 8. The van der Waals surface area contributed by atoms with E-state index in [1.54, 1.807) is 0 Å². The summed E-state index contributed by atoms with van der Waals surface area (Å²) in [6, 6.07) is 0. The first kappa shape index (κ1) is 17.3. The van der Waals surface area contributed by atoms with Crippen molar-refractivity contribution >= 4 is 15.9 Å². The topological polar surface area (TPSA) is 97.0 Å². The molecule has 0 saturated carbocycles. The van der Waals surface area contributed by atoms with Gasteiger partial charge < -0.3 is 20.1 Å². The quantitative estimate of drug-likeness (QED) is 0.521. The number of carbonyl (C=O) groups is 1. The molecule has 0 spiro atoms. The highest BCUT2D eigenvalue weighted by Gasteiger charge is 2.24. The molecule has 8 nitrogen and oxygen atoms in total. The van der Waals surface area contributed by atoms with Gasteiger partial charge >= 0.3 is 0 Å². The molecule has 0 aliphatic carbocycles. The number of nitrogens with zero attached hydrogens (tertiary/aromatic N) is 1. The van der Waals surface area contributed by atoms with Gasteiger partial charge in [0.05, 0.1) is 12.3 Å². The minimum atomic E-state index is -3.36. The first-order valence-corrected chi connectivity index (χ1v) is 8.11. The van der Waals surface area contributed by atoms with Gasteiger partial charge in [0, 0.05) is 46.8 Å². The lowest BCUT2D eigenvalue weighted by Gasteiger charge is -2.26. The van der Waals surface area contributed by atoms with E-state index in [1.165, 1.54) is 18.5 Å². The molecule has 2 N–H and O–H groups in total. The molecule has 0 aromatic rings. The molecule has 1 amide bonds. The Kier molecular flexibility index (Phi) is 7.38. The summed E-state index contributed by atoms with van der Waals surface area (Å²) in [7, 11) is -0.423. The summed E-state index contributed by atoms with van der Waals surface area (Å²) in [5.74, 6) is -0.508. The molecule has 0 aromatic heterocycles. The Morgan fingerprint density at radius 1 is 1.30 bits per heavy atom. The molecule has 1 rings (SSSR count). The molecule has 1 heterocycles. The van der Waals surface area contributed by atoms with Crippen LogP contribution in [0.2, 0.25) is 0 Å². The van der Waals surface area contributed by atoms with Crippen LogP contribution in [0.1, 0.15) is 6.42 Å². The normalized spacial score (nSPS) is 17.4. The van der Waals surface area contributed by atoms with Crippen molar-refractivity contribution in [1.82, 2.24) is 14.9 Å². The monoisotopic (exact) mass is 309 g/mol. The Hall–Kier alpha value is -0.740. The van der Waals surface area contributed by atoms with Gasteiger partial charge in [0.1, 0.15) is 0 Å². The third kappa shape index (κ3) is 5.71. The molecule has 20 heavy (non-hydrogen) atoms. The maximum atomic E-state index is 12.0. The molecule has 0 unspecified atom stereocenters. The lowest BCUT2D eigenvalue weighted by Crippen LogP contribution is -2.47. The minimum Gasteiger partial charge on any atom is -0.354 e. The van der Waals surface area contributed by atoms with Gasteiger partial charge in [0.2, 0.25) is 15.9 Å². The van der Waals surface area contributed by atoms with Crippen LogP contribution in [0.25, 0.3) is 0 Å². The number of hydrogen-bond donors (Lipinski definition) is 2. The smallest absolute Gasteiger partial charge is 0.221 e. The number of carbonyl (C=O) groups excluding carboxylic acids is 1. The van der Waals surface area contributed by atoms with Crippen molar-refractivity contribution < 1.29 is 22.7 Å². The molecule has 1 saturated heterocycles. The number of methoxy groups -OCH3 is 2. The van der Waals surface area contributed by atoms with Gasteiger partial charge in [-0.25, -0.2) is 8.42 Å². The summed E-state index contributed by atoms with van der Waals surface area (Å²) >= 11 is 0. The van der Waals surface area contributed by atoms with Crippen molar-refractivity contribution in [3.8, 4) is 0 Å². The molecule has 1 aliphatic rings. The van der Waals surface area contributed by atoms with E-state index in [-0.39, 0.29) is 24.6 Å². The van der Waals surface area contributed by atoms with Crippen molar-refractivity contribution in [2.24, 2.45) is 0 Å². The fraction of sp³-hybridized carbons (Fsp3) is 0.909. The van der Waals surface area contributed by atoms with Gasteiger partial charge in [0.15, 0.2) is 6.29 Å². The second-order valence-electron chi connectivity index (χ2n) is 4.42. The van der Waals surface area contributed by atoms with Gasteiger partial charge in [-0.2, -0.15) is 4.31 Å². The summed E-state index contributed by atoms with van der Waals surface area (Å²) in [5.41, 5.74) is 0. The Labute approximate surface area is 119 Å². The van der Waals surface area contributed by atoms with Crippen molar-refractivity contribution in [2.45, 2.75) is 12.7 Å². The van der Waals surface area contributed by atoms with Crippen LogP contribution >= 0.6 is 0 Å². The van der Waals surface area contributed by atoms with Gasteiger partial charge in [-0.3, -0.25) is 4.79 Å². The van der Waals surface area contributed by atoms with Crippen molar-refractivity contribution in [3.05, 3.63) is 0 Å². The van der Waals surface area contributed by atoms with Crippen LogP contribution in [0.5, 0.6) is 0 Å². The highest BCUT2D eigenvalue weighted by atomic mass is 32.2. The molecular weight excluding hydrogens is 286 g/mol. The number of piperazine rings is 1. The number of sulfonamides is 1. The molecule has 0 bridgehead atoms. The fourth-order valence-corrected chi connectivity index (χ4v) is 3.26. The van der Waals surface area contributed by atoms with E-state index in [0.29, 0.717) is 26.2 Å². The highest BCUT2D eigenvalue weighted by molar-refractivity contribution is 7.89. The average molecular weight is 309 g/mol. The number of ether oxygens (including phenoxy) is 2. The minimum absolute atomic E-state index is 0.0631. The second kappa shape index (κ2) is 8.53. The number of amides is 1. The van der Waals surface area contributed by atoms with Crippen LogP contribution in [0.15, 0.2) is 0 Å². The molecular formula is C11H23N3O5S. The van der Waals surface area contributed by atoms with E-state index in [1.807, 2.05) is 0 Å². The lowest BCUT2D eigenvalue weighted by atomic mass is 10.4. The van der Waals surface area contributed by atoms with Crippen molar-refractivity contribution in [3.63, 3.8) is 0 Å². The van der Waals surface area contributed by atoms with E-state index in [9.17, 15) is 13.2 Å². The maximum Gasteiger partial charge on any atom is 0.221 e. The highest BCUT2D eigenvalue weighted by Crippen LogP contribution is 2.04. The van der Waals surface area contributed by atoms with Crippen LogP contribution in [0.4, 0.5) is 0 Å². The molecule has 9 heteroatoms. The number of nitrogens with one attached hydrogen (secondary N) is 2. The van der Waals surface area contributed by atoms with Gasteiger partial charge in [-0.1, -0.05) is 0 Å². The summed E-state index contributed by atoms with van der Waals surface area (Å²) in [6.07, 6.45) is -0.587. The molecule has 1 aliphatic heterocycles. The third-order valence-electron chi connectivity index (χ3n) is 3.05. The van der Waals surface area contributed by atoms with Crippen LogP contribution in [0, 0.1) is 0 Å². The molecule has 118 valence electrons. The predicted octanol–water partition coefficient (Wildman–Crippen LogP) is -1.65. The zero-order valence-electron chi connectivity index (χ0n) is 11.9. The SMILES string of the molecule is COC(CNC(=O)CCS(=O)(=O)N1CCNCC1)OC. The molecule has 0 aromatic carbocycles. The second-order valence-corrected chi connectivity index (χ2v) is 6.51. The molecule has 0 radical (unpaired) electrons. The lowest BCUT2D eigenvalue weighted by molar-refractivity contribution is -0.127. The van der Waals surface area contributed by atoms with Crippen molar-refractivity contribution in [2.75, 3.05) is 52.7 Å². The van der Waals surface area contributed by atoms with Crippen LogP contribution in [-0.4, -0.2) is 77.6 Å². The first-order valence-electron chi connectivity index (χ1n) is 6.50. The number of hydrogen-bond acceptors (Lipinski definition) is 6. The average Bonchev–Trinajstić information content (AvgIpc) is 2.47. The van der Waals surface area contributed by atoms with E-state index in [2.05, 4.69) is 10.6 Å². The molecule has 0 atom stereocenters. The Balaban J connectivity index is 2.32. The van der Waals surface area contributed by atoms with E-state index in [0.717, 1.165) is 0 Å². The van der Waals surface area contributed by atoms with E-state index < -0.39 is 16.3 Å².